The van der Waals surface area contributed by atoms with Gasteiger partial charge in [-0.15, -0.1) is 0 Å². The normalized spacial score (nSPS) is 14.7. The highest BCUT2D eigenvalue weighted by molar-refractivity contribution is 5.92. The molecule has 3 rings (SSSR count). The molecule has 1 heterocycles. The maximum atomic E-state index is 12.4. The molecule has 1 aliphatic heterocycles. The van der Waals surface area contributed by atoms with E-state index in [1.54, 1.807) is 7.11 Å². The van der Waals surface area contributed by atoms with Crippen molar-refractivity contribution in [1.29, 1.82) is 0 Å². The van der Waals surface area contributed by atoms with Crippen LogP contribution in [0, 0.1) is 0 Å². The summed E-state index contributed by atoms with van der Waals surface area (Å²) in [4.78, 5) is 16.1. The Hall–Kier alpha value is -2.73. The average Bonchev–Trinajstić information content (AvgIpc) is 2.70. The number of piperazine rings is 1. The van der Waals surface area contributed by atoms with Crippen LogP contribution in [0.1, 0.15) is 6.92 Å². The number of carbonyl (C=O) groups excluding carboxylic acids is 1. The molecule has 0 atom stereocenters. The van der Waals surface area contributed by atoms with Crippen molar-refractivity contribution in [1.82, 2.24) is 0 Å². The Morgan fingerprint density at radius 3 is 2.48 bits per heavy atom. The fraction of sp³-hybridized carbons (Fsp3) is 0.381. The fourth-order valence-corrected chi connectivity index (χ4v) is 3.32. The quantitative estimate of drug-likeness (QED) is 0.774. The lowest BCUT2D eigenvalue weighted by molar-refractivity contribution is -0.892. The number of ether oxygens (including phenoxy) is 2. The second kappa shape index (κ2) is 9.28. The van der Waals surface area contributed by atoms with E-state index in [9.17, 15) is 4.79 Å². The molecule has 0 aliphatic carbocycles. The SMILES string of the molecule is CCOc1ccccc1NC(=O)C[NH+]1CCN(c2ccc(OC)cc2)CC1. The van der Waals surface area contributed by atoms with E-state index in [0.29, 0.717) is 18.9 Å². The van der Waals surface area contributed by atoms with Crippen LogP contribution in [0.15, 0.2) is 48.5 Å². The van der Waals surface area contributed by atoms with Crippen LogP contribution < -0.4 is 24.6 Å². The van der Waals surface area contributed by atoms with Crippen LogP contribution in [0.4, 0.5) is 11.4 Å². The third kappa shape index (κ3) is 5.14. The van der Waals surface area contributed by atoms with Gasteiger partial charge in [0.25, 0.3) is 5.91 Å². The highest BCUT2D eigenvalue weighted by Crippen LogP contribution is 2.23. The maximum absolute atomic E-state index is 12.4. The molecule has 27 heavy (non-hydrogen) atoms. The van der Waals surface area contributed by atoms with Crippen LogP contribution in [0.3, 0.4) is 0 Å². The van der Waals surface area contributed by atoms with Crippen LogP contribution in [0.5, 0.6) is 11.5 Å². The maximum Gasteiger partial charge on any atom is 0.279 e. The minimum absolute atomic E-state index is 0.0232. The Balaban J connectivity index is 1.49. The number of rotatable bonds is 7. The van der Waals surface area contributed by atoms with E-state index in [1.807, 2.05) is 43.3 Å². The second-order valence-corrected chi connectivity index (χ2v) is 6.59. The summed E-state index contributed by atoms with van der Waals surface area (Å²) in [6, 6.07) is 15.7. The zero-order valence-corrected chi connectivity index (χ0v) is 16.0. The van der Waals surface area contributed by atoms with Gasteiger partial charge in [0.1, 0.15) is 11.5 Å². The van der Waals surface area contributed by atoms with E-state index in [2.05, 4.69) is 22.3 Å². The van der Waals surface area contributed by atoms with E-state index in [-0.39, 0.29) is 5.91 Å². The van der Waals surface area contributed by atoms with Crippen LogP contribution >= 0.6 is 0 Å². The lowest BCUT2D eigenvalue weighted by Gasteiger charge is -2.33. The molecule has 6 heteroatoms. The predicted octanol–water partition coefficient (Wildman–Crippen LogP) is 1.44. The molecule has 2 aromatic carbocycles. The first kappa shape index (κ1) is 19.0. The van der Waals surface area contributed by atoms with Gasteiger partial charge in [-0.25, -0.2) is 0 Å². The Morgan fingerprint density at radius 1 is 1.11 bits per heavy atom. The highest BCUT2D eigenvalue weighted by atomic mass is 16.5. The van der Waals surface area contributed by atoms with Gasteiger partial charge in [0.05, 0.1) is 45.6 Å². The molecular weight excluding hydrogens is 342 g/mol. The van der Waals surface area contributed by atoms with Crippen molar-refractivity contribution in [2.45, 2.75) is 6.92 Å². The van der Waals surface area contributed by atoms with Gasteiger partial charge >= 0.3 is 0 Å². The number of quaternary nitrogens is 1. The number of carbonyl (C=O) groups is 1. The monoisotopic (exact) mass is 370 g/mol. The number of nitrogens with one attached hydrogen (secondary N) is 2. The minimum Gasteiger partial charge on any atom is -0.497 e. The number of hydrogen-bond acceptors (Lipinski definition) is 4. The molecule has 2 aromatic rings. The predicted molar refractivity (Wildman–Crippen MR) is 107 cm³/mol. The van der Waals surface area contributed by atoms with Gasteiger partial charge in [0.15, 0.2) is 6.54 Å². The Labute approximate surface area is 160 Å². The molecular formula is C21H28N3O3+. The first-order valence-corrected chi connectivity index (χ1v) is 9.44. The standard InChI is InChI=1S/C21H27N3O3/c1-3-27-20-7-5-4-6-19(20)22-21(25)16-23-12-14-24(15-13-23)17-8-10-18(26-2)11-9-17/h4-11H,3,12-16H2,1-2H3,(H,22,25)/p+1. The zero-order valence-electron chi connectivity index (χ0n) is 16.0. The van der Waals surface area contributed by atoms with Crippen molar-refractivity contribution in [3.05, 3.63) is 48.5 Å². The van der Waals surface area contributed by atoms with Crippen LogP contribution in [-0.4, -0.2) is 52.3 Å². The third-order valence-corrected chi connectivity index (χ3v) is 4.78. The molecule has 0 unspecified atom stereocenters. The Morgan fingerprint density at radius 2 is 1.81 bits per heavy atom. The number of benzene rings is 2. The molecule has 6 nitrogen and oxygen atoms in total. The molecule has 0 spiro atoms. The van der Waals surface area contributed by atoms with E-state index in [0.717, 1.165) is 37.6 Å². The summed E-state index contributed by atoms with van der Waals surface area (Å²) >= 11 is 0. The van der Waals surface area contributed by atoms with Gasteiger partial charge in [-0.1, -0.05) is 12.1 Å². The van der Waals surface area contributed by atoms with Crippen molar-refractivity contribution in [2.75, 3.05) is 56.7 Å². The van der Waals surface area contributed by atoms with E-state index < -0.39 is 0 Å². The summed E-state index contributed by atoms with van der Waals surface area (Å²) < 4.78 is 10.8. The lowest BCUT2D eigenvalue weighted by atomic mass is 10.2. The molecule has 0 aromatic heterocycles. The number of methoxy groups -OCH3 is 1. The topological polar surface area (TPSA) is 55.2 Å². The van der Waals surface area contributed by atoms with Crippen molar-refractivity contribution in [3.63, 3.8) is 0 Å². The fourth-order valence-electron chi connectivity index (χ4n) is 3.32. The van der Waals surface area contributed by atoms with Gasteiger partial charge < -0.3 is 24.6 Å². The summed E-state index contributed by atoms with van der Waals surface area (Å²) in [5.74, 6) is 1.61. The number of anilines is 2. The van der Waals surface area contributed by atoms with Crippen molar-refractivity contribution in [2.24, 2.45) is 0 Å². The van der Waals surface area contributed by atoms with Gasteiger partial charge in [-0.3, -0.25) is 4.79 Å². The van der Waals surface area contributed by atoms with Crippen molar-refractivity contribution >= 4 is 17.3 Å². The summed E-state index contributed by atoms with van der Waals surface area (Å²) in [6.45, 7) is 6.72. The number of nitrogens with zero attached hydrogens (tertiary/aromatic N) is 1. The molecule has 0 bridgehead atoms. The van der Waals surface area contributed by atoms with E-state index in [4.69, 9.17) is 9.47 Å². The van der Waals surface area contributed by atoms with Crippen LogP contribution in [-0.2, 0) is 4.79 Å². The molecule has 2 N–H and O–H groups in total. The molecule has 1 saturated heterocycles. The molecule has 1 fully saturated rings. The van der Waals surface area contributed by atoms with E-state index >= 15 is 0 Å². The number of amides is 1. The zero-order chi connectivity index (χ0) is 19.1. The van der Waals surface area contributed by atoms with Crippen LogP contribution in [0.25, 0.3) is 0 Å². The lowest BCUT2D eigenvalue weighted by Crippen LogP contribution is -3.15. The number of hydrogen-bond donors (Lipinski definition) is 2. The molecule has 1 amide bonds. The average molecular weight is 370 g/mol. The van der Waals surface area contributed by atoms with Gasteiger partial charge in [-0.2, -0.15) is 0 Å². The Kier molecular flexibility index (Phi) is 6.54. The summed E-state index contributed by atoms with van der Waals surface area (Å²) in [5.41, 5.74) is 1.94. The largest absolute Gasteiger partial charge is 0.497 e. The first-order valence-electron chi connectivity index (χ1n) is 9.44. The van der Waals surface area contributed by atoms with Gasteiger partial charge in [0, 0.05) is 5.69 Å². The van der Waals surface area contributed by atoms with Crippen molar-refractivity contribution < 1.29 is 19.2 Å². The molecule has 1 aliphatic rings. The molecule has 0 saturated carbocycles. The highest BCUT2D eigenvalue weighted by Gasteiger charge is 2.22. The van der Waals surface area contributed by atoms with Crippen molar-refractivity contribution in [3.8, 4) is 11.5 Å². The summed E-state index contributed by atoms with van der Waals surface area (Å²) in [6.07, 6.45) is 0. The Bertz CT molecular complexity index is 741. The summed E-state index contributed by atoms with van der Waals surface area (Å²) in [7, 11) is 1.68. The first-order chi connectivity index (χ1) is 13.2. The minimum atomic E-state index is 0.0232. The summed E-state index contributed by atoms with van der Waals surface area (Å²) in [5, 5.41) is 2.99. The van der Waals surface area contributed by atoms with Gasteiger partial charge in [-0.05, 0) is 43.3 Å². The molecule has 144 valence electrons. The van der Waals surface area contributed by atoms with Crippen LogP contribution in [0.2, 0.25) is 0 Å². The third-order valence-electron chi connectivity index (χ3n) is 4.78. The second-order valence-electron chi connectivity index (χ2n) is 6.59. The van der Waals surface area contributed by atoms with Gasteiger partial charge in [0.2, 0.25) is 0 Å². The smallest absolute Gasteiger partial charge is 0.279 e. The van der Waals surface area contributed by atoms with E-state index in [1.165, 1.54) is 10.6 Å². The number of para-hydroxylation sites is 2. The molecule has 0 radical (unpaired) electrons.